The number of rotatable bonds is 11. The van der Waals surface area contributed by atoms with Gasteiger partial charge < -0.3 is 31.1 Å². The molecule has 0 unspecified atom stereocenters. The minimum Gasteiger partial charge on any atom is -0.495 e. The largest absolute Gasteiger partial charge is 0.495 e. The van der Waals surface area contributed by atoms with Gasteiger partial charge in [0.25, 0.3) is 5.91 Å². The lowest BCUT2D eigenvalue weighted by Gasteiger charge is -2.30. The molecule has 3 heterocycles. The van der Waals surface area contributed by atoms with Crippen molar-refractivity contribution in [3.05, 3.63) is 64.6 Å². The molecule has 0 saturated heterocycles. The molecule has 2 amide bonds. The van der Waals surface area contributed by atoms with E-state index in [4.69, 9.17) is 20.9 Å². The number of fused-ring (bicyclic) bond motifs is 1. The molecule has 1 aliphatic heterocycles. The number of hydrogen-bond donors (Lipinski definition) is 3. The van der Waals surface area contributed by atoms with E-state index in [1.54, 1.807) is 25.3 Å². The fraction of sp³-hybridized carbons (Fsp3) is 0.375. The third kappa shape index (κ3) is 5.25. The quantitative estimate of drug-likeness (QED) is 0.127. The van der Waals surface area contributed by atoms with Crippen LogP contribution in [0.25, 0.3) is 11.3 Å². The zero-order chi connectivity index (χ0) is 32.1. The molecule has 13 heteroatoms. The lowest BCUT2D eigenvalue weighted by atomic mass is 9.76. The molecule has 0 radical (unpaired) electrons. The topological polar surface area (TPSA) is 172 Å². The Balaban J connectivity index is 1.41. The Morgan fingerprint density at radius 2 is 2.00 bits per heavy atom. The molecule has 2 saturated carbocycles. The van der Waals surface area contributed by atoms with Gasteiger partial charge in [-0.1, -0.05) is 0 Å². The molecule has 2 aromatic heterocycles. The van der Waals surface area contributed by atoms with Gasteiger partial charge in [-0.05, 0) is 62.8 Å². The number of halogens is 2. The summed E-state index contributed by atoms with van der Waals surface area (Å²) in [4.78, 5) is 51.7. The Hall–Kier alpha value is -4.94. The van der Waals surface area contributed by atoms with E-state index in [1.165, 1.54) is 19.2 Å². The number of hydrogen-bond acceptors (Lipinski definition) is 9. The number of anilines is 1. The van der Waals surface area contributed by atoms with Crippen LogP contribution >= 0.6 is 0 Å². The van der Waals surface area contributed by atoms with Gasteiger partial charge in [-0.3, -0.25) is 14.6 Å². The summed E-state index contributed by atoms with van der Waals surface area (Å²) >= 11 is 0. The molecule has 3 aromatic rings. The Morgan fingerprint density at radius 1 is 1.24 bits per heavy atom. The second-order valence-electron chi connectivity index (χ2n) is 12.0. The van der Waals surface area contributed by atoms with Crippen LogP contribution in [0.2, 0.25) is 0 Å². The van der Waals surface area contributed by atoms with Crippen LogP contribution in [0.5, 0.6) is 11.5 Å². The second-order valence-corrected chi connectivity index (χ2v) is 12.0. The highest BCUT2D eigenvalue weighted by atomic mass is 19.2. The van der Waals surface area contributed by atoms with Crippen LogP contribution in [0.1, 0.15) is 59.8 Å². The molecule has 45 heavy (non-hydrogen) atoms. The first-order valence-corrected chi connectivity index (χ1v) is 14.6. The SMILES string of the molecule is COc1cc(C(=O)NC[C@](C=O)(c2cc3c(c(-c4ccnc(F)c4F)n2)OC[C@]3(C)C(N)=O)C2CC2)cc(C=NC2CC2)c1N. The Morgan fingerprint density at radius 3 is 2.64 bits per heavy atom. The van der Waals surface area contributed by atoms with Gasteiger partial charge in [-0.25, -0.2) is 14.4 Å². The van der Waals surface area contributed by atoms with Gasteiger partial charge in [0.05, 0.1) is 29.9 Å². The van der Waals surface area contributed by atoms with Gasteiger partial charge >= 0.3 is 0 Å². The molecular formula is C32H32F2N6O5. The zero-order valence-electron chi connectivity index (χ0n) is 24.7. The monoisotopic (exact) mass is 618 g/mol. The average molecular weight is 619 g/mol. The van der Waals surface area contributed by atoms with E-state index in [1.807, 2.05) is 0 Å². The summed E-state index contributed by atoms with van der Waals surface area (Å²) in [6, 6.07) is 6.11. The maximum atomic E-state index is 15.1. The zero-order valence-corrected chi connectivity index (χ0v) is 24.7. The van der Waals surface area contributed by atoms with Gasteiger partial charge in [-0.2, -0.15) is 4.39 Å². The number of pyridine rings is 2. The number of benzene rings is 1. The van der Waals surface area contributed by atoms with E-state index in [0.29, 0.717) is 36.1 Å². The number of nitrogens with zero attached hydrogens (tertiary/aromatic N) is 3. The van der Waals surface area contributed by atoms with E-state index in [9.17, 15) is 18.8 Å². The first-order valence-electron chi connectivity index (χ1n) is 14.6. The van der Waals surface area contributed by atoms with Gasteiger partial charge in [0.15, 0.2) is 5.82 Å². The van der Waals surface area contributed by atoms with Crippen molar-refractivity contribution in [2.45, 2.75) is 49.5 Å². The number of ether oxygens (including phenoxy) is 2. The predicted molar refractivity (Wildman–Crippen MR) is 160 cm³/mol. The Labute approximate surface area is 257 Å². The molecule has 0 bridgehead atoms. The van der Waals surface area contributed by atoms with Gasteiger partial charge in [0.1, 0.15) is 35.5 Å². The molecule has 3 aliphatic rings. The minimum atomic E-state index is -1.38. The fourth-order valence-electron chi connectivity index (χ4n) is 5.64. The van der Waals surface area contributed by atoms with Crippen molar-refractivity contribution in [1.82, 2.24) is 15.3 Å². The molecule has 2 atom stereocenters. The second kappa shape index (κ2) is 11.2. The standard InChI is InChI=1S/C32H32F2N6O5/c1-31(30(36)43)15-45-27-21(31)11-23(40-26(27)20-7-8-37-28(34)24(20)33)32(14-41,18-3-4-18)13-39-29(42)16-9-17(12-38-19-5-6-19)25(35)22(10-16)44-2/h7-12,14,18-19H,3-6,13,15,35H2,1-2H3,(H2,36,43)(H,39,42)/t31-,32+/m0/s1. The number of nitrogens with two attached hydrogens (primary N) is 2. The highest BCUT2D eigenvalue weighted by molar-refractivity contribution is 6.00. The van der Waals surface area contributed by atoms with Crippen molar-refractivity contribution in [1.29, 1.82) is 0 Å². The van der Waals surface area contributed by atoms with Crippen LogP contribution in [0.15, 0.2) is 35.5 Å². The molecular weight excluding hydrogens is 586 g/mol. The predicted octanol–water partition coefficient (Wildman–Crippen LogP) is 3.01. The summed E-state index contributed by atoms with van der Waals surface area (Å²) in [6.45, 7) is 1.23. The van der Waals surface area contributed by atoms with Crippen LogP contribution in [0.4, 0.5) is 14.5 Å². The molecule has 2 fully saturated rings. The van der Waals surface area contributed by atoms with Crippen LogP contribution < -0.4 is 26.3 Å². The van der Waals surface area contributed by atoms with Crippen LogP contribution in [0, 0.1) is 17.7 Å². The first kappa shape index (κ1) is 30.1. The molecule has 234 valence electrons. The number of aromatic nitrogens is 2. The molecule has 2 aliphatic carbocycles. The van der Waals surface area contributed by atoms with Crippen molar-refractivity contribution in [2.24, 2.45) is 16.6 Å². The smallest absolute Gasteiger partial charge is 0.251 e. The molecule has 11 nitrogen and oxygen atoms in total. The highest BCUT2D eigenvalue weighted by Gasteiger charge is 2.51. The average Bonchev–Trinajstić information content (AvgIpc) is 3.97. The summed E-state index contributed by atoms with van der Waals surface area (Å²) in [5, 5.41) is 2.86. The number of aldehydes is 1. The van der Waals surface area contributed by atoms with E-state index in [2.05, 4.69) is 20.3 Å². The summed E-state index contributed by atoms with van der Waals surface area (Å²) in [5.41, 5.74) is 10.5. The maximum Gasteiger partial charge on any atom is 0.251 e. The van der Waals surface area contributed by atoms with Crippen molar-refractivity contribution in [3.8, 4) is 22.8 Å². The molecule has 6 rings (SSSR count). The lowest BCUT2D eigenvalue weighted by Crippen LogP contribution is -2.45. The van der Waals surface area contributed by atoms with Gasteiger partial charge in [0.2, 0.25) is 11.9 Å². The third-order valence-electron chi connectivity index (χ3n) is 8.88. The number of aliphatic imine (C=N–C) groups is 1. The van der Waals surface area contributed by atoms with Crippen molar-refractivity contribution in [2.75, 3.05) is 26.0 Å². The Bertz CT molecular complexity index is 1760. The molecule has 5 N–H and O–H groups in total. The number of primary amides is 1. The van der Waals surface area contributed by atoms with Crippen molar-refractivity contribution < 1.29 is 32.6 Å². The van der Waals surface area contributed by atoms with Gasteiger partial charge in [0, 0.05) is 41.2 Å². The highest BCUT2D eigenvalue weighted by Crippen LogP contribution is 2.50. The number of nitrogen functional groups attached to an aromatic ring is 1. The van der Waals surface area contributed by atoms with Crippen LogP contribution in [0.3, 0.4) is 0 Å². The number of amides is 2. The summed E-state index contributed by atoms with van der Waals surface area (Å²) in [5.74, 6) is -3.70. The summed E-state index contributed by atoms with van der Waals surface area (Å²) < 4.78 is 40.5. The minimum absolute atomic E-state index is 0.0542. The molecule has 1 aromatic carbocycles. The maximum absolute atomic E-state index is 15.1. The van der Waals surface area contributed by atoms with E-state index in [-0.39, 0.29) is 58.9 Å². The van der Waals surface area contributed by atoms with Crippen LogP contribution in [-0.2, 0) is 20.4 Å². The number of methoxy groups -OCH3 is 1. The summed E-state index contributed by atoms with van der Waals surface area (Å²) in [6.07, 6.45) is 6.71. The third-order valence-corrected chi connectivity index (χ3v) is 8.88. The normalized spacial score (nSPS) is 20.3. The number of carbonyl (C=O) groups excluding carboxylic acids is 3. The summed E-state index contributed by atoms with van der Waals surface area (Å²) in [7, 11) is 1.44. The first-order chi connectivity index (χ1) is 21.5. The number of carbonyl (C=O) groups is 3. The fourth-order valence-corrected chi connectivity index (χ4v) is 5.64. The van der Waals surface area contributed by atoms with Gasteiger partial charge in [-0.15, -0.1) is 0 Å². The Kier molecular flexibility index (Phi) is 7.50. The lowest BCUT2D eigenvalue weighted by molar-refractivity contribution is -0.123. The van der Waals surface area contributed by atoms with E-state index < -0.39 is 34.4 Å². The number of nitrogens with one attached hydrogen (secondary N) is 1. The van der Waals surface area contributed by atoms with Crippen molar-refractivity contribution >= 4 is 30.0 Å². The van der Waals surface area contributed by atoms with E-state index >= 15 is 4.39 Å². The molecule has 0 spiro atoms. The van der Waals surface area contributed by atoms with E-state index in [0.717, 1.165) is 19.0 Å². The van der Waals surface area contributed by atoms with Crippen molar-refractivity contribution in [3.63, 3.8) is 0 Å². The van der Waals surface area contributed by atoms with Crippen LogP contribution in [-0.4, -0.2) is 60.6 Å².